The van der Waals surface area contributed by atoms with Crippen LogP contribution in [0.1, 0.15) is 36.9 Å². The van der Waals surface area contributed by atoms with Gasteiger partial charge >= 0.3 is 0 Å². The van der Waals surface area contributed by atoms with Crippen molar-refractivity contribution in [3.05, 3.63) is 17.6 Å². The highest BCUT2D eigenvalue weighted by molar-refractivity contribution is 5.46. The molecule has 110 valence electrons. The molecule has 2 heterocycles. The molecular formula is C15H24N4O. The number of rotatable bonds is 5. The third-order valence-corrected chi connectivity index (χ3v) is 4.16. The van der Waals surface area contributed by atoms with Gasteiger partial charge in [0, 0.05) is 17.8 Å². The zero-order valence-electron chi connectivity index (χ0n) is 12.0. The molecule has 1 aromatic heterocycles. The quantitative estimate of drug-likeness (QED) is 0.799. The van der Waals surface area contributed by atoms with Crippen LogP contribution in [0.2, 0.25) is 0 Å². The molecule has 0 aromatic carbocycles. The van der Waals surface area contributed by atoms with Crippen LogP contribution in [0.15, 0.2) is 6.33 Å². The molecule has 1 aliphatic carbocycles. The smallest absolute Gasteiger partial charge is 0.132 e. The summed E-state index contributed by atoms with van der Waals surface area (Å²) in [5.41, 5.74) is 2.55. The molecule has 0 amide bonds. The van der Waals surface area contributed by atoms with Crippen LogP contribution in [0, 0.1) is 0 Å². The van der Waals surface area contributed by atoms with E-state index < -0.39 is 0 Å². The summed E-state index contributed by atoms with van der Waals surface area (Å²) in [5, 5.41) is 6.77. The maximum atomic E-state index is 5.90. The maximum absolute atomic E-state index is 5.90. The van der Waals surface area contributed by atoms with Crippen LogP contribution in [0.25, 0.3) is 0 Å². The lowest BCUT2D eigenvalue weighted by molar-refractivity contribution is 0.0394. The zero-order chi connectivity index (χ0) is 13.6. The predicted octanol–water partition coefficient (Wildman–Crippen LogP) is 1.54. The largest absolute Gasteiger partial charge is 0.376 e. The summed E-state index contributed by atoms with van der Waals surface area (Å²) in [5.74, 6) is 1.02. The van der Waals surface area contributed by atoms with E-state index in [2.05, 4.69) is 20.6 Å². The van der Waals surface area contributed by atoms with Crippen molar-refractivity contribution >= 4 is 5.82 Å². The minimum absolute atomic E-state index is 0.428. The first kappa shape index (κ1) is 13.8. The highest BCUT2D eigenvalue weighted by Gasteiger charge is 2.16. The molecule has 0 spiro atoms. The van der Waals surface area contributed by atoms with E-state index >= 15 is 0 Å². The van der Waals surface area contributed by atoms with Crippen LogP contribution < -0.4 is 10.6 Å². The molecule has 1 saturated heterocycles. The van der Waals surface area contributed by atoms with E-state index in [4.69, 9.17) is 4.74 Å². The van der Waals surface area contributed by atoms with Gasteiger partial charge in [0.25, 0.3) is 0 Å². The van der Waals surface area contributed by atoms with E-state index in [0.717, 1.165) is 57.7 Å². The van der Waals surface area contributed by atoms with E-state index in [1.54, 1.807) is 6.33 Å². The van der Waals surface area contributed by atoms with Gasteiger partial charge in [-0.05, 0) is 51.6 Å². The van der Waals surface area contributed by atoms with E-state index in [-0.39, 0.29) is 0 Å². The van der Waals surface area contributed by atoms with Crippen LogP contribution in [0.3, 0.4) is 0 Å². The first-order valence-corrected chi connectivity index (χ1v) is 7.82. The normalized spacial score (nSPS) is 19.6. The highest BCUT2D eigenvalue weighted by Crippen LogP contribution is 2.24. The van der Waals surface area contributed by atoms with Crippen molar-refractivity contribution in [1.29, 1.82) is 0 Å². The second-order valence-electron chi connectivity index (χ2n) is 5.60. The number of hydrogen-bond acceptors (Lipinski definition) is 5. The number of anilines is 1. The molecular weight excluding hydrogens is 252 g/mol. The SMILES string of the molecule is c1nc2c(c(NCCOC3CCNCC3)n1)CCCC2. The van der Waals surface area contributed by atoms with Gasteiger partial charge in [-0.15, -0.1) is 0 Å². The topological polar surface area (TPSA) is 59.1 Å². The Morgan fingerprint density at radius 1 is 1.20 bits per heavy atom. The van der Waals surface area contributed by atoms with Crippen molar-refractivity contribution in [1.82, 2.24) is 15.3 Å². The number of nitrogens with zero attached hydrogens (tertiary/aromatic N) is 2. The Hall–Kier alpha value is -1.20. The predicted molar refractivity (Wildman–Crippen MR) is 79.0 cm³/mol. The van der Waals surface area contributed by atoms with Crippen LogP contribution in [-0.2, 0) is 17.6 Å². The van der Waals surface area contributed by atoms with Crippen molar-refractivity contribution < 1.29 is 4.74 Å². The fraction of sp³-hybridized carbons (Fsp3) is 0.733. The van der Waals surface area contributed by atoms with Crippen molar-refractivity contribution in [2.24, 2.45) is 0 Å². The number of piperidine rings is 1. The van der Waals surface area contributed by atoms with Crippen LogP contribution in [-0.4, -0.2) is 42.3 Å². The number of aryl methyl sites for hydroxylation is 1. The standard InChI is InChI=1S/C15H24N4O/c1-2-4-14-13(3-1)15(19-11-18-14)17-9-10-20-12-5-7-16-8-6-12/h11-12,16H,1-10H2,(H,17,18,19). The van der Waals surface area contributed by atoms with Gasteiger partial charge in [0.05, 0.1) is 12.7 Å². The maximum Gasteiger partial charge on any atom is 0.132 e. The number of ether oxygens (including phenoxy) is 1. The molecule has 2 aliphatic rings. The Balaban J connectivity index is 1.46. The van der Waals surface area contributed by atoms with E-state index in [1.807, 2.05) is 0 Å². The summed E-state index contributed by atoms with van der Waals surface area (Å²) in [7, 11) is 0. The lowest BCUT2D eigenvalue weighted by Gasteiger charge is -2.23. The third kappa shape index (κ3) is 3.46. The molecule has 2 N–H and O–H groups in total. The monoisotopic (exact) mass is 276 g/mol. The van der Waals surface area contributed by atoms with Gasteiger partial charge in [-0.25, -0.2) is 9.97 Å². The average Bonchev–Trinajstić information content (AvgIpc) is 2.53. The van der Waals surface area contributed by atoms with Crippen molar-refractivity contribution in [2.45, 2.75) is 44.6 Å². The van der Waals surface area contributed by atoms with Gasteiger partial charge in [-0.1, -0.05) is 0 Å². The Morgan fingerprint density at radius 2 is 2.05 bits per heavy atom. The number of fused-ring (bicyclic) bond motifs is 1. The molecule has 0 saturated carbocycles. The molecule has 1 aliphatic heterocycles. The summed E-state index contributed by atoms with van der Waals surface area (Å²) < 4.78 is 5.90. The number of aromatic nitrogens is 2. The Morgan fingerprint density at radius 3 is 2.95 bits per heavy atom. The molecule has 5 heteroatoms. The second kappa shape index (κ2) is 6.99. The fourth-order valence-corrected chi connectivity index (χ4v) is 3.03. The van der Waals surface area contributed by atoms with Crippen molar-refractivity contribution in [3.63, 3.8) is 0 Å². The Kier molecular flexibility index (Phi) is 4.82. The summed E-state index contributed by atoms with van der Waals surface area (Å²) in [6.45, 7) is 3.74. The summed E-state index contributed by atoms with van der Waals surface area (Å²) in [6.07, 6.45) is 9.07. The minimum atomic E-state index is 0.428. The molecule has 0 bridgehead atoms. The molecule has 1 fully saturated rings. The first-order valence-electron chi connectivity index (χ1n) is 7.82. The Bertz CT molecular complexity index is 432. The summed E-state index contributed by atoms with van der Waals surface area (Å²) in [6, 6.07) is 0. The van der Waals surface area contributed by atoms with Crippen molar-refractivity contribution in [2.75, 3.05) is 31.6 Å². The molecule has 20 heavy (non-hydrogen) atoms. The van der Waals surface area contributed by atoms with E-state index in [0.29, 0.717) is 6.10 Å². The summed E-state index contributed by atoms with van der Waals surface area (Å²) in [4.78, 5) is 8.78. The van der Waals surface area contributed by atoms with Crippen LogP contribution >= 0.6 is 0 Å². The minimum Gasteiger partial charge on any atom is -0.376 e. The molecule has 0 atom stereocenters. The van der Waals surface area contributed by atoms with E-state index in [9.17, 15) is 0 Å². The molecule has 3 rings (SSSR count). The third-order valence-electron chi connectivity index (χ3n) is 4.16. The van der Waals surface area contributed by atoms with Gasteiger partial charge in [0.15, 0.2) is 0 Å². The number of nitrogens with one attached hydrogen (secondary N) is 2. The van der Waals surface area contributed by atoms with Gasteiger partial charge in [0.2, 0.25) is 0 Å². The fourth-order valence-electron chi connectivity index (χ4n) is 3.03. The molecule has 0 radical (unpaired) electrons. The van der Waals surface area contributed by atoms with Gasteiger partial charge in [-0.2, -0.15) is 0 Å². The highest BCUT2D eigenvalue weighted by atomic mass is 16.5. The zero-order valence-corrected chi connectivity index (χ0v) is 12.0. The number of hydrogen-bond donors (Lipinski definition) is 2. The van der Waals surface area contributed by atoms with Crippen molar-refractivity contribution in [3.8, 4) is 0 Å². The average molecular weight is 276 g/mol. The Labute approximate surface area is 120 Å². The van der Waals surface area contributed by atoms with Gasteiger partial charge in [-0.3, -0.25) is 0 Å². The van der Waals surface area contributed by atoms with Crippen LogP contribution in [0.5, 0.6) is 0 Å². The van der Waals surface area contributed by atoms with Gasteiger partial charge in [0.1, 0.15) is 12.1 Å². The van der Waals surface area contributed by atoms with Gasteiger partial charge < -0.3 is 15.4 Å². The lowest BCUT2D eigenvalue weighted by Crippen LogP contribution is -2.33. The van der Waals surface area contributed by atoms with Crippen LogP contribution in [0.4, 0.5) is 5.82 Å². The molecule has 1 aromatic rings. The molecule has 5 nitrogen and oxygen atoms in total. The second-order valence-corrected chi connectivity index (χ2v) is 5.60. The molecule has 0 unspecified atom stereocenters. The lowest BCUT2D eigenvalue weighted by atomic mass is 9.96. The van der Waals surface area contributed by atoms with E-state index in [1.165, 1.54) is 24.1 Å². The summed E-state index contributed by atoms with van der Waals surface area (Å²) >= 11 is 0. The first-order chi connectivity index (χ1) is 9.93.